The van der Waals surface area contributed by atoms with Crippen LogP contribution in [0.3, 0.4) is 0 Å². The number of fused-ring (bicyclic) bond motifs is 1. The molecule has 1 aliphatic heterocycles. The summed E-state index contributed by atoms with van der Waals surface area (Å²) in [4.78, 5) is 12.4. The third-order valence-corrected chi connectivity index (χ3v) is 3.67. The maximum atomic E-state index is 12.9. The van der Waals surface area contributed by atoms with Crippen molar-refractivity contribution in [3.05, 3.63) is 65.0 Å². The van der Waals surface area contributed by atoms with E-state index in [1.165, 1.54) is 12.1 Å². The number of benzene rings is 2. The number of hydrogen-bond donors (Lipinski definition) is 1. The minimum atomic E-state index is -0.275. The van der Waals surface area contributed by atoms with E-state index in [0.717, 1.165) is 41.8 Å². The topological polar surface area (TPSA) is 29.1 Å². The zero-order valence-electron chi connectivity index (χ0n) is 11.2. The standard InChI is InChI=1S/C17H16FNO/c18-13-8-6-12(7-9-13)11-17(20)15-3-1-5-16-14(15)4-2-10-19-16/h1,3,5-9,19H,2,4,10-11H2. The Bertz CT molecular complexity index is 634. The predicted octanol–water partition coefficient (Wildman–Crippen LogP) is 3.61. The molecule has 0 bridgehead atoms. The van der Waals surface area contributed by atoms with E-state index in [2.05, 4.69) is 5.32 Å². The Morgan fingerprint density at radius 1 is 1.15 bits per heavy atom. The smallest absolute Gasteiger partial charge is 0.167 e. The number of ketones is 1. The fraction of sp³-hybridized carbons (Fsp3) is 0.235. The van der Waals surface area contributed by atoms with Crippen LogP contribution in [0.5, 0.6) is 0 Å². The van der Waals surface area contributed by atoms with Gasteiger partial charge in [0.1, 0.15) is 5.82 Å². The van der Waals surface area contributed by atoms with E-state index in [-0.39, 0.29) is 11.6 Å². The highest BCUT2D eigenvalue weighted by Crippen LogP contribution is 2.26. The van der Waals surface area contributed by atoms with Gasteiger partial charge in [-0.3, -0.25) is 4.79 Å². The van der Waals surface area contributed by atoms with Crippen molar-refractivity contribution in [1.29, 1.82) is 0 Å². The maximum absolute atomic E-state index is 12.9. The van der Waals surface area contributed by atoms with Gasteiger partial charge in [-0.05, 0) is 42.2 Å². The summed E-state index contributed by atoms with van der Waals surface area (Å²) in [6, 6.07) is 11.9. The van der Waals surface area contributed by atoms with Crippen molar-refractivity contribution in [2.45, 2.75) is 19.3 Å². The minimum Gasteiger partial charge on any atom is -0.385 e. The Morgan fingerprint density at radius 3 is 2.75 bits per heavy atom. The van der Waals surface area contributed by atoms with Crippen molar-refractivity contribution in [1.82, 2.24) is 0 Å². The second-order valence-electron chi connectivity index (χ2n) is 5.09. The summed E-state index contributed by atoms with van der Waals surface area (Å²) in [5.41, 5.74) is 3.82. The number of Topliss-reactive ketones (excluding diaryl/α,β-unsaturated/α-hetero) is 1. The summed E-state index contributed by atoms with van der Waals surface area (Å²) in [7, 11) is 0. The third-order valence-electron chi connectivity index (χ3n) is 3.67. The molecule has 1 N–H and O–H groups in total. The van der Waals surface area contributed by atoms with E-state index in [9.17, 15) is 9.18 Å². The van der Waals surface area contributed by atoms with Crippen LogP contribution >= 0.6 is 0 Å². The van der Waals surface area contributed by atoms with Gasteiger partial charge in [0.15, 0.2) is 5.78 Å². The van der Waals surface area contributed by atoms with E-state index in [4.69, 9.17) is 0 Å². The van der Waals surface area contributed by atoms with Gasteiger partial charge < -0.3 is 5.32 Å². The van der Waals surface area contributed by atoms with Crippen molar-refractivity contribution in [3.8, 4) is 0 Å². The summed E-state index contributed by atoms with van der Waals surface area (Å²) in [5, 5.41) is 3.33. The van der Waals surface area contributed by atoms with Crippen molar-refractivity contribution < 1.29 is 9.18 Å². The lowest BCUT2D eigenvalue weighted by molar-refractivity contribution is 0.0992. The van der Waals surface area contributed by atoms with Crippen molar-refractivity contribution in [3.63, 3.8) is 0 Å². The molecule has 0 fully saturated rings. The molecule has 1 aliphatic rings. The summed E-state index contributed by atoms with van der Waals surface area (Å²) >= 11 is 0. The van der Waals surface area contributed by atoms with E-state index < -0.39 is 0 Å². The van der Waals surface area contributed by atoms with Gasteiger partial charge in [-0.2, -0.15) is 0 Å². The number of anilines is 1. The molecular weight excluding hydrogens is 253 g/mol. The molecule has 102 valence electrons. The Balaban J connectivity index is 1.85. The molecule has 3 rings (SSSR count). The van der Waals surface area contributed by atoms with Crippen molar-refractivity contribution in [2.75, 3.05) is 11.9 Å². The van der Waals surface area contributed by atoms with Crippen LogP contribution < -0.4 is 5.32 Å². The van der Waals surface area contributed by atoms with Crippen LogP contribution in [0.25, 0.3) is 0 Å². The second kappa shape index (κ2) is 5.45. The lowest BCUT2D eigenvalue weighted by Gasteiger charge is -2.20. The summed E-state index contributed by atoms with van der Waals surface area (Å²) in [6.45, 7) is 0.961. The minimum absolute atomic E-state index is 0.0946. The molecule has 2 aromatic rings. The molecule has 0 spiro atoms. The van der Waals surface area contributed by atoms with Gasteiger partial charge in [-0.15, -0.1) is 0 Å². The molecule has 3 heteroatoms. The van der Waals surface area contributed by atoms with Gasteiger partial charge in [0.25, 0.3) is 0 Å². The second-order valence-corrected chi connectivity index (χ2v) is 5.09. The Labute approximate surface area is 117 Å². The van der Waals surface area contributed by atoms with Gasteiger partial charge in [0.2, 0.25) is 0 Å². The van der Waals surface area contributed by atoms with Crippen LogP contribution in [0.1, 0.15) is 27.9 Å². The van der Waals surface area contributed by atoms with E-state index in [1.54, 1.807) is 12.1 Å². The number of rotatable bonds is 3. The van der Waals surface area contributed by atoms with Crippen LogP contribution in [-0.4, -0.2) is 12.3 Å². The van der Waals surface area contributed by atoms with Crippen LogP contribution in [0.4, 0.5) is 10.1 Å². The van der Waals surface area contributed by atoms with E-state index in [0.29, 0.717) is 6.42 Å². The van der Waals surface area contributed by atoms with E-state index in [1.807, 2.05) is 18.2 Å². The lowest BCUT2D eigenvalue weighted by atomic mass is 9.93. The molecule has 0 radical (unpaired) electrons. The van der Waals surface area contributed by atoms with Crippen LogP contribution in [-0.2, 0) is 12.8 Å². The molecule has 0 aromatic heterocycles. The van der Waals surface area contributed by atoms with Crippen LogP contribution in [0.2, 0.25) is 0 Å². The molecule has 20 heavy (non-hydrogen) atoms. The summed E-state index contributed by atoms with van der Waals surface area (Å²) in [5.74, 6) is -0.181. The predicted molar refractivity (Wildman–Crippen MR) is 77.7 cm³/mol. The quantitative estimate of drug-likeness (QED) is 0.862. The molecule has 2 nitrogen and oxygen atoms in total. The number of hydrogen-bond acceptors (Lipinski definition) is 2. The highest BCUT2D eigenvalue weighted by atomic mass is 19.1. The Kier molecular flexibility index (Phi) is 3.50. The monoisotopic (exact) mass is 269 g/mol. The molecule has 0 aliphatic carbocycles. The fourth-order valence-corrected chi connectivity index (χ4v) is 2.65. The van der Waals surface area contributed by atoms with Gasteiger partial charge in [0.05, 0.1) is 0 Å². The van der Waals surface area contributed by atoms with Gasteiger partial charge in [-0.1, -0.05) is 24.3 Å². The zero-order valence-corrected chi connectivity index (χ0v) is 11.2. The van der Waals surface area contributed by atoms with Crippen LogP contribution in [0.15, 0.2) is 42.5 Å². The van der Waals surface area contributed by atoms with E-state index >= 15 is 0 Å². The normalized spacial score (nSPS) is 13.4. The molecular formula is C17H16FNO. The molecule has 1 heterocycles. The SMILES string of the molecule is O=C(Cc1ccc(F)cc1)c1cccc2c1CCCN2. The Hall–Kier alpha value is -2.16. The fourth-order valence-electron chi connectivity index (χ4n) is 2.65. The number of halogens is 1. The lowest BCUT2D eigenvalue weighted by Crippen LogP contribution is -2.16. The summed E-state index contributed by atoms with van der Waals surface area (Å²) < 4.78 is 12.9. The first-order valence-electron chi connectivity index (χ1n) is 6.87. The van der Waals surface area contributed by atoms with Gasteiger partial charge in [0, 0.05) is 24.2 Å². The number of carbonyl (C=O) groups is 1. The molecule has 0 saturated carbocycles. The molecule has 0 unspecified atom stereocenters. The number of nitrogens with one attached hydrogen (secondary N) is 1. The van der Waals surface area contributed by atoms with Gasteiger partial charge >= 0.3 is 0 Å². The van der Waals surface area contributed by atoms with Crippen molar-refractivity contribution in [2.24, 2.45) is 0 Å². The van der Waals surface area contributed by atoms with Gasteiger partial charge in [-0.25, -0.2) is 4.39 Å². The maximum Gasteiger partial charge on any atom is 0.167 e. The van der Waals surface area contributed by atoms with Crippen molar-refractivity contribution >= 4 is 11.5 Å². The average molecular weight is 269 g/mol. The first kappa shape index (κ1) is 12.9. The molecule has 0 amide bonds. The van der Waals surface area contributed by atoms with Crippen LogP contribution in [0, 0.1) is 5.82 Å². The molecule has 0 atom stereocenters. The summed E-state index contributed by atoms with van der Waals surface area (Å²) in [6.07, 6.45) is 2.30. The first-order valence-corrected chi connectivity index (χ1v) is 6.87. The first-order chi connectivity index (χ1) is 9.74. The molecule has 0 saturated heterocycles. The molecule has 2 aromatic carbocycles. The largest absolute Gasteiger partial charge is 0.385 e. The Morgan fingerprint density at radius 2 is 1.95 bits per heavy atom. The average Bonchev–Trinajstić information content (AvgIpc) is 2.49. The zero-order chi connectivity index (χ0) is 13.9. The highest BCUT2D eigenvalue weighted by Gasteiger charge is 2.17. The number of carbonyl (C=O) groups excluding carboxylic acids is 1. The highest BCUT2D eigenvalue weighted by molar-refractivity contribution is 6.00. The third kappa shape index (κ3) is 2.57.